The van der Waals surface area contributed by atoms with E-state index >= 15 is 0 Å². The number of carboxylic acids is 1. The quantitative estimate of drug-likeness (QED) is 0.501. The first kappa shape index (κ1) is 19.1. The Balaban J connectivity index is 1.90. The number of anilines is 2. The van der Waals surface area contributed by atoms with Crippen LogP contribution in [0.25, 0.3) is 5.65 Å². The van der Waals surface area contributed by atoms with Gasteiger partial charge in [-0.25, -0.2) is 9.31 Å². The van der Waals surface area contributed by atoms with Gasteiger partial charge in [-0.15, -0.1) is 5.10 Å². The van der Waals surface area contributed by atoms with Crippen LogP contribution in [0.15, 0.2) is 36.4 Å². The normalized spacial score (nSPS) is 10.6. The van der Waals surface area contributed by atoms with Crippen LogP contribution in [-0.4, -0.2) is 59.0 Å². The minimum absolute atomic E-state index is 0.00990. The van der Waals surface area contributed by atoms with E-state index in [0.717, 1.165) is 0 Å². The summed E-state index contributed by atoms with van der Waals surface area (Å²) >= 11 is 0. The summed E-state index contributed by atoms with van der Waals surface area (Å²) in [4.78, 5) is 28.1. The predicted octanol–water partition coefficient (Wildman–Crippen LogP) is 1.75. The maximum absolute atomic E-state index is 12.4. The number of carbonyl (C=O) groups is 2. The molecule has 10 nitrogen and oxygen atoms in total. The van der Waals surface area contributed by atoms with Crippen LogP contribution >= 0.6 is 0 Å². The van der Waals surface area contributed by atoms with Gasteiger partial charge < -0.3 is 19.9 Å². The standard InChI is InChI=1S/C18H19N5O5/c1-27-10-9-19-13-7-8-14(17(25)26)23-15(13)20-18(22-23)21-16(24)11-3-5-12(28-2)6-4-11/h3-8,19H,9-10H2,1-2H3,(H,25,26)(H,21,22,24). The van der Waals surface area contributed by atoms with Crippen molar-refractivity contribution in [3.05, 3.63) is 47.7 Å². The van der Waals surface area contributed by atoms with Gasteiger partial charge in [-0.05, 0) is 36.4 Å². The Morgan fingerprint density at radius 2 is 1.89 bits per heavy atom. The molecule has 0 radical (unpaired) electrons. The van der Waals surface area contributed by atoms with Gasteiger partial charge in [0, 0.05) is 19.2 Å². The van der Waals surface area contributed by atoms with Crippen molar-refractivity contribution in [3.8, 4) is 5.75 Å². The van der Waals surface area contributed by atoms with Crippen molar-refractivity contribution in [1.82, 2.24) is 14.6 Å². The summed E-state index contributed by atoms with van der Waals surface area (Å²) in [5.74, 6) is -0.972. The van der Waals surface area contributed by atoms with Crippen molar-refractivity contribution >= 4 is 29.2 Å². The maximum atomic E-state index is 12.4. The average Bonchev–Trinajstić information content (AvgIpc) is 3.11. The molecule has 0 aliphatic rings. The first-order valence-electron chi connectivity index (χ1n) is 8.34. The zero-order valence-corrected chi connectivity index (χ0v) is 15.3. The molecule has 2 aromatic heterocycles. The fourth-order valence-electron chi connectivity index (χ4n) is 2.52. The van der Waals surface area contributed by atoms with E-state index < -0.39 is 11.9 Å². The SMILES string of the molecule is COCCNc1ccc(C(=O)O)n2nc(NC(=O)c3ccc(OC)cc3)nc12. The van der Waals surface area contributed by atoms with Crippen LogP contribution in [0, 0.1) is 0 Å². The lowest BCUT2D eigenvalue weighted by Crippen LogP contribution is -2.13. The van der Waals surface area contributed by atoms with Crippen molar-refractivity contribution in [1.29, 1.82) is 0 Å². The van der Waals surface area contributed by atoms with Gasteiger partial charge in [0.05, 0.1) is 19.4 Å². The van der Waals surface area contributed by atoms with Gasteiger partial charge in [-0.3, -0.25) is 10.1 Å². The highest BCUT2D eigenvalue weighted by Crippen LogP contribution is 2.20. The Morgan fingerprint density at radius 3 is 2.54 bits per heavy atom. The van der Waals surface area contributed by atoms with E-state index in [9.17, 15) is 14.7 Å². The molecule has 0 atom stereocenters. The number of fused-ring (bicyclic) bond motifs is 1. The van der Waals surface area contributed by atoms with Crippen LogP contribution in [0.5, 0.6) is 5.75 Å². The number of carboxylic acid groups (broad SMARTS) is 1. The number of pyridine rings is 1. The van der Waals surface area contributed by atoms with Gasteiger partial charge in [0.15, 0.2) is 11.3 Å². The van der Waals surface area contributed by atoms with E-state index in [1.807, 2.05) is 0 Å². The van der Waals surface area contributed by atoms with Gasteiger partial charge in [0.1, 0.15) is 5.75 Å². The summed E-state index contributed by atoms with van der Waals surface area (Å²) < 4.78 is 11.2. The second kappa shape index (κ2) is 8.35. The molecule has 3 N–H and O–H groups in total. The topological polar surface area (TPSA) is 127 Å². The Hall–Kier alpha value is -3.66. The maximum Gasteiger partial charge on any atom is 0.354 e. The molecule has 3 aromatic rings. The van der Waals surface area contributed by atoms with E-state index in [4.69, 9.17) is 9.47 Å². The highest BCUT2D eigenvalue weighted by Gasteiger charge is 2.17. The van der Waals surface area contributed by atoms with Gasteiger partial charge in [0.2, 0.25) is 5.95 Å². The summed E-state index contributed by atoms with van der Waals surface area (Å²) in [7, 11) is 3.11. The second-order valence-electron chi connectivity index (χ2n) is 5.71. The molecule has 0 bridgehead atoms. The summed E-state index contributed by atoms with van der Waals surface area (Å²) in [5.41, 5.74) is 1.15. The average molecular weight is 385 g/mol. The van der Waals surface area contributed by atoms with Crippen LogP contribution in [0.2, 0.25) is 0 Å². The number of benzene rings is 1. The molecule has 28 heavy (non-hydrogen) atoms. The molecule has 1 amide bonds. The highest BCUT2D eigenvalue weighted by molar-refractivity contribution is 6.03. The Bertz CT molecular complexity index is 1000. The Labute approximate surface area is 160 Å². The third-order valence-corrected chi connectivity index (χ3v) is 3.90. The van der Waals surface area contributed by atoms with Gasteiger partial charge >= 0.3 is 5.97 Å². The number of hydrogen-bond acceptors (Lipinski definition) is 7. The third-order valence-electron chi connectivity index (χ3n) is 3.90. The monoisotopic (exact) mass is 385 g/mol. The van der Waals surface area contributed by atoms with Crippen molar-refractivity contribution in [3.63, 3.8) is 0 Å². The van der Waals surface area contributed by atoms with E-state index in [1.165, 1.54) is 17.7 Å². The minimum atomic E-state index is -1.16. The number of carbonyl (C=O) groups excluding carboxylic acids is 1. The summed E-state index contributed by atoms with van der Waals surface area (Å²) in [6, 6.07) is 9.53. The first-order chi connectivity index (χ1) is 13.5. The molecule has 0 aliphatic carbocycles. The summed E-state index contributed by atoms with van der Waals surface area (Å²) in [5, 5.41) is 19.2. The van der Waals surface area contributed by atoms with E-state index in [1.54, 1.807) is 37.4 Å². The van der Waals surface area contributed by atoms with E-state index in [-0.39, 0.29) is 17.3 Å². The third kappa shape index (κ3) is 4.01. The zero-order chi connectivity index (χ0) is 20.1. The molecule has 0 spiro atoms. The van der Waals surface area contributed by atoms with Gasteiger partial charge in [0.25, 0.3) is 5.91 Å². The summed E-state index contributed by atoms with van der Waals surface area (Å²) in [6.45, 7) is 0.959. The summed E-state index contributed by atoms with van der Waals surface area (Å²) in [6.07, 6.45) is 0. The molecule has 0 aliphatic heterocycles. The predicted molar refractivity (Wildman–Crippen MR) is 101 cm³/mol. The molecule has 3 rings (SSSR count). The van der Waals surface area contributed by atoms with Crippen LogP contribution in [-0.2, 0) is 4.74 Å². The number of ether oxygens (including phenoxy) is 2. The number of nitrogens with zero attached hydrogens (tertiary/aromatic N) is 3. The molecule has 1 aromatic carbocycles. The number of hydrogen-bond donors (Lipinski definition) is 3. The van der Waals surface area contributed by atoms with Gasteiger partial charge in [-0.1, -0.05) is 0 Å². The molecule has 0 unspecified atom stereocenters. The van der Waals surface area contributed by atoms with Crippen molar-refractivity contribution < 1.29 is 24.2 Å². The molecular weight excluding hydrogens is 366 g/mol. The van der Waals surface area contributed by atoms with Crippen LogP contribution in [0.1, 0.15) is 20.8 Å². The second-order valence-corrected chi connectivity index (χ2v) is 5.71. The first-order valence-corrected chi connectivity index (χ1v) is 8.34. The lowest BCUT2D eigenvalue weighted by atomic mass is 10.2. The Morgan fingerprint density at radius 1 is 1.14 bits per heavy atom. The van der Waals surface area contributed by atoms with Crippen molar-refractivity contribution in [2.45, 2.75) is 0 Å². The molecule has 0 fully saturated rings. The molecule has 0 saturated heterocycles. The van der Waals surface area contributed by atoms with E-state index in [0.29, 0.717) is 30.2 Å². The molecule has 2 heterocycles. The van der Waals surface area contributed by atoms with Crippen molar-refractivity contribution in [2.24, 2.45) is 0 Å². The number of rotatable bonds is 8. The zero-order valence-electron chi connectivity index (χ0n) is 15.3. The number of methoxy groups -OCH3 is 2. The van der Waals surface area contributed by atoms with Crippen LogP contribution in [0.4, 0.5) is 11.6 Å². The lowest BCUT2D eigenvalue weighted by molar-refractivity contribution is 0.0687. The minimum Gasteiger partial charge on any atom is -0.497 e. The smallest absolute Gasteiger partial charge is 0.354 e. The van der Waals surface area contributed by atoms with Crippen molar-refractivity contribution in [2.75, 3.05) is 38.0 Å². The fraction of sp³-hybridized carbons (Fsp3) is 0.222. The van der Waals surface area contributed by atoms with Crippen LogP contribution < -0.4 is 15.4 Å². The largest absolute Gasteiger partial charge is 0.497 e. The van der Waals surface area contributed by atoms with Crippen LogP contribution in [0.3, 0.4) is 0 Å². The number of aromatic carboxylic acids is 1. The number of aromatic nitrogens is 3. The molecular formula is C18H19N5O5. The van der Waals surface area contributed by atoms with E-state index in [2.05, 4.69) is 20.7 Å². The highest BCUT2D eigenvalue weighted by atomic mass is 16.5. The molecule has 0 saturated carbocycles. The number of nitrogens with one attached hydrogen (secondary N) is 2. The number of amides is 1. The van der Waals surface area contributed by atoms with Gasteiger partial charge in [-0.2, -0.15) is 4.98 Å². The molecule has 146 valence electrons. The molecule has 10 heteroatoms. The Kier molecular flexibility index (Phi) is 5.70. The lowest BCUT2D eigenvalue weighted by Gasteiger charge is -2.07. The fourth-order valence-corrected chi connectivity index (χ4v) is 2.52.